The normalized spacial score (nSPS) is 15.4. The second-order valence-electron chi connectivity index (χ2n) is 5.76. The third kappa shape index (κ3) is 5.10. The third-order valence-electron chi connectivity index (χ3n) is 3.88. The first-order chi connectivity index (χ1) is 11.7. The summed E-state index contributed by atoms with van der Waals surface area (Å²) in [6.45, 7) is 1.99. The number of pyridine rings is 1. The number of rotatable bonds is 6. The Morgan fingerprint density at radius 3 is 2.83 bits per heavy atom. The zero-order valence-electron chi connectivity index (χ0n) is 13.3. The summed E-state index contributed by atoms with van der Waals surface area (Å²) in [6, 6.07) is 10.6. The Morgan fingerprint density at radius 1 is 1.21 bits per heavy atom. The maximum Gasteiger partial charge on any atom is 0.213 e. The van der Waals surface area contributed by atoms with Crippen molar-refractivity contribution in [1.29, 1.82) is 0 Å². The Hall–Kier alpha value is -1.30. The van der Waals surface area contributed by atoms with Crippen molar-refractivity contribution in [2.75, 3.05) is 13.1 Å². The standard InChI is InChI=1S/C18H20ClFN2OS/c19-14-5-4-13(17(20)10-14)11-24-12-15-2-1-3-18(22-15)23-16-6-8-21-9-7-16/h1-5,10,16,21H,6-9,11-12H2. The number of thioether (sulfide) groups is 1. The van der Waals surface area contributed by atoms with Crippen molar-refractivity contribution in [1.82, 2.24) is 10.3 Å². The SMILES string of the molecule is Fc1cc(Cl)ccc1CSCc1cccc(OC2CCNCC2)n1. The molecule has 1 fully saturated rings. The molecule has 1 aliphatic heterocycles. The van der Waals surface area contributed by atoms with Gasteiger partial charge in [0.15, 0.2) is 0 Å². The minimum Gasteiger partial charge on any atom is -0.474 e. The van der Waals surface area contributed by atoms with Gasteiger partial charge in [-0.1, -0.05) is 23.7 Å². The van der Waals surface area contributed by atoms with Crippen molar-refractivity contribution in [2.24, 2.45) is 0 Å². The molecule has 1 N–H and O–H groups in total. The Morgan fingerprint density at radius 2 is 2.04 bits per heavy atom. The van der Waals surface area contributed by atoms with E-state index in [4.69, 9.17) is 16.3 Å². The highest BCUT2D eigenvalue weighted by Crippen LogP contribution is 2.23. The van der Waals surface area contributed by atoms with E-state index in [9.17, 15) is 4.39 Å². The predicted octanol–water partition coefficient (Wildman–Crippen LogP) is 4.44. The van der Waals surface area contributed by atoms with Crippen LogP contribution in [0.1, 0.15) is 24.1 Å². The quantitative estimate of drug-likeness (QED) is 0.819. The van der Waals surface area contributed by atoms with E-state index < -0.39 is 0 Å². The number of halogens is 2. The lowest BCUT2D eigenvalue weighted by Gasteiger charge is -2.23. The molecule has 0 aliphatic carbocycles. The summed E-state index contributed by atoms with van der Waals surface area (Å²) in [5.41, 5.74) is 1.60. The number of ether oxygens (including phenoxy) is 1. The number of piperidine rings is 1. The average Bonchev–Trinajstić information content (AvgIpc) is 2.58. The van der Waals surface area contributed by atoms with Crippen LogP contribution in [0.4, 0.5) is 4.39 Å². The van der Waals surface area contributed by atoms with Gasteiger partial charge in [0.1, 0.15) is 11.9 Å². The molecule has 1 aromatic carbocycles. The number of hydrogen-bond acceptors (Lipinski definition) is 4. The van der Waals surface area contributed by atoms with Crippen molar-refractivity contribution in [3.8, 4) is 5.88 Å². The molecule has 3 nitrogen and oxygen atoms in total. The van der Waals surface area contributed by atoms with Gasteiger partial charge in [0.2, 0.25) is 5.88 Å². The zero-order valence-corrected chi connectivity index (χ0v) is 14.9. The Kier molecular flexibility index (Phi) is 6.35. The molecule has 24 heavy (non-hydrogen) atoms. The molecule has 0 radical (unpaired) electrons. The maximum absolute atomic E-state index is 13.8. The van der Waals surface area contributed by atoms with Gasteiger partial charge in [-0.05, 0) is 49.7 Å². The van der Waals surface area contributed by atoms with Crippen LogP contribution in [0.15, 0.2) is 36.4 Å². The summed E-state index contributed by atoms with van der Waals surface area (Å²) in [6.07, 6.45) is 2.26. The van der Waals surface area contributed by atoms with Crippen molar-refractivity contribution in [3.05, 3.63) is 58.5 Å². The summed E-state index contributed by atoms with van der Waals surface area (Å²) in [7, 11) is 0. The smallest absolute Gasteiger partial charge is 0.213 e. The summed E-state index contributed by atoms with van der Waals surface area (Å²) in [5, 5.41) is 3.74. The molecule has 1 saturated heterocycles. The van der Waals surface area contributed by atoms with Crippen LogP contribution < -0.4 is 10.1 Å². The first kappa shape index (κ1) is 17.5. The van der Waals surface area contributed by atoms with E-state index in [-0.39, 0.29) is 11.9 Å². The molecule has 2 aromatic rings. The van der Waals surface area contributed by atoms with Gasteiger partial charge in [-0.2, -0.15) is 11.8 Å². The third-order valence-corrected chi connectivity index (χ3v) is 5.13. The number of aromatic nitrogens is 1. The van der Waals surface area contributed by atoms with Gasteiger partial charge < -0.3 is 10.1 Å². The molecule has 0 bridgehead atoms. The Balaban J connectivity index is 1.52. The molecule has 0 atom stereocenters. The van der Waals surface area contributed by atoms with Gasteiger partial charge in [-0.3, -0.25) is 0 Å². The van der Waals surface area contributed by atoms with Crippen molar-refractivity contribution >= 4 is 23.4 Å². The zero-order chi connectivity index (χ0) is 16.8. The molecule has 6 heteroatoms. The van der Waals surface area contributed by atoms with Gasteiger partial charge >= 0.3 is 0 Å². The van der Waals surface area contributed by atoms with E-state index in [1.54, 1.807) is 23.9 Å². The van der Waals surface area contributed by atoms with Crippen LogP contribution >= 0.6 is 23.4 Å². The molecule has 0 spiro atoms. The summed E-state index contributed by atoms with van der Waals surface area (Å²) in [5.74, 6) is 1.72. The second-order valence-corrected chi connectivity index (χ2v) is 7.18. The minimum absolute atomic E-state index is 0.241. The highest BCUT2D eigenvalue weighted by Gasteiger charge is 2.15. The molecule has 3 rings (SSSR count). The molecule has 2 heterocycles. The van der Waals surface area contributed by atoms with Gasteiger partial charge in [-0.15, -0.1) is 0 Å². The van der Waals surface area contributed by atoms with Crippen molar-refractivity contribution < 1.29 is 9.13 Å². The van der Waals surface area contributed by atoms with Gasteiger partial charge in [0, 0.05) is 22.6 Å². The highest BCUT2D eigenvalue weighted by molar-refractivity contribution is 7.97. The minimum atomic E-state index is -0.258. The molecule has 0 saturated carbocycles. The van der Waals surface area contributed by atoms with Crippen LogP contribution in [-0.2, 0) is 11.5 Å². The first-order valence-corrected chi connectivity index (χ1v) is 9.59. The predicted molar refractivity (Wildman–Crippen MR) is 97.2 cm³/mol. The van der Waals surface area contributed by atoms with Crippen molar-refractivity contribution in [3.63, 3.8) is 0 Å². The van der Waals surface area contributed by atoms with Crippen LogP contribution in [-0.4, -0.2) is 24.2 Å². The topological polar surface area (TPSA) is 34.1 Å². The lowest BCUT2D eigenvalue weighted by molar-refractivity contribution is 0.155. The highest BCUT2D eigenvalue weighted by atomic mass is 35.5. The number of hydrogen-bond donors (Lipinski definition) is 1. The van der Waals surface area contributed by atoms with Crippen LogP contribution in [0.25, 0.3) is 0 Å². The molecule has 1 aromatic heterocycles. The largest absolute Gasteiger partial charge is 0.474 e. The fourth-order valence-electron chi connectivity index (χ4n) is 2.59. The summed E-state index contributed by atoms with van der Waals surface area (Å²) >= 11 is 7.39. The van der Waals surface area contributed by atoms with Crippen LogP contribution in [0, 0.1) is 5.82 Å². The molecule has 1 aliphatic rings. The van der Waals surface area contributed by atoms with Gasteiger partial charge in [0.05, 0.1) is 5.69 Å². The fraction of sp³-hybridized carbons (Fsp3) is 0.389. The fourth-order valence-corrected chi connectivity index (χ4v) is 3.68. The second kappa shape index (κ2) is 8.70. The van der Waals surface area contributed by atoms with Gasteiger partial charge in [-0.25, -0.2) is 9.37 Å². The van der Waals surface area contributed by atoms with E-state index in [0.717, 1.165) is 31.6 Å². The van der Waals surface area contributed by atoms with E-state index in [1.165, 1.54) is 6.07 Å². The Bertz CT molecular complexity index is 680. The summed E-state index contributed by atoms with van der Waals surface area (Å²) < 4.78 is 19.7. The van der Waals surface area contributed by atoms with E-state index >= 15 is 0 Å². The van der Waals surface area contributed by atoms with Crippen molar-refractivity contribution in [2.45, 2.75) is 30.5 Å². The molecule has 0 amide bonds. The molecular weight excluding hydrogens is 347 g/mol. The lowest BCUT2D eigenvalue weighted by Crippen LogP contribution is -2.34. The van der Waals surface area contributed by atoms with Crippen LogP contribution in [0.5, 0.6) is 5.88 Å². The summed E-state index contributed by atoms with van der Waals surface area (Å²) in [4.78, 5) is 4.56. The lowest BCUT2D eigenvalue weighted by atomic mass is 10.1. The molecule has 128 valence electrons. The Labute approximate surface area is 151 Å². The van der Waals surface area contributed by atoms with E-state index in [0.29, 0.717) is 28.0 Å². The van der Waals surface area contributed by atoms with Crippen LogP contribution in [0.2, 0.25) is 5.02 Å². The maximum atomic E-state index is 13.8. The number of nitrogens with one attached hydrogen (secondary N) is 1. The van der Waals surface area contributed by atoms with Crippen LogP contribution in [0.3, 0.4) is 0 Å². The average molecular weight is 367 g/mol. The van der Waals surface area contributed by atoms with Gasteiger partial charge in [0.25, 0.3) is 0 Å². The number of nitrogens with zero attached hydrogens (tertiary/aromatic N) is 1. The van der Waals surface area contributed by atoms with E-state index in [1.807, 2.05) is 18.2 Å². The molecular formula is C18H20ClFN2OS. The first-order valence-electron chi connectivity index (χ1n) is 8.06. The number of benzene rings is 1. The molecule has 0 unspecified atom stereocenters. The van der Waals surface area contributed by atoms with E-state index in [2.05, 4.69) is 10.3 Å². The monoisotopic (exact) mass is 366 g/mol.